The maximum atomic E-state index is 13.7. The maximum absolute atomic E-state index is 13.7. The van der Waals surface area contributed by atoms with Gasteiger partial charge in [-0.05, 0) is 60.6 Å². The summed E-state index contributed by atoms with van der Waals surface area (Å²) < 4.78 is 13.6. The van der Waals surface area contributed by atoms with Gasteiger partial charge in [0.15, 0.2) is 0 Å². The van der Waals surface area contributed by atoms with E-state index in [2.05, 4.69) is 36.5 Å². The summed E-state index contributed by atoms with van der Waals surface area (Å²) >= 11 is 0. The number of nitrogens with zero attached hydrogens (tertiary/aromatic N) is 1. The maximum Gasteiger partial charge on any atom is 0.243 e. The van der Waals surface area contributed by atoms with E-state index in [1.807, 2.05) is 44.2 Å². The predicted octanol–water partition coefficient (Wildman–Crippen LogP) is 5.88. The van der Waals surface area contributed by atoms with E-state index in [1.54, 1.807) is 17.0 Å². The average Bonchev–Trinajstić information content (AvgIpc) is 2.91. The van der Waals surface area contributed by atoms with Crippen molar-refractivity contribution in [2.75, 3.05) is 0 Å². The van der Waals surface area contributed by atoms with Crippen LogP contribution in [0.3, 0.4) is 0 Å². The third-order valence-corrected chi connectivity index (χ3v) is 6.60. The van der Waals surface area contributed by atoms with Gasteiger partial charge in [-0.25, -0.2) is 4.39 Å². The highest BCUT2D eigenvalue weighted by molar-refractivity contribution is 5.88. The molecule has 3 aromatic carbocycles. The summed E-state index contributed by atoms with van der Waals surface area (Å²) in [6, 6.07) is 23.5. The fourth-order valence-corrected chi connectivity index (χ4v) is 4.12. The summed E-state index contributed by atoms with van der Waals surface area (Å²) in [6.45, 7) is 6.33. The quantitative estimate of drug-likeness (QED) is 0.346. The van der Waals surface area contributed by atoms with Gasteiger partial charge in [0, 0.05) is 25.4 Å². The zero-order chi connectivity index (χ0) is 25.9. The van der Waals surface area contributed by atoms with Crippen LogP contribution in [0.2, 0.25) is 0 Å². The number of carbonyl (C=O) groups is 2. The van der Waals surface area contributed by atoms with Crippen LogP contribution in [-0.2, 0) is 35.4 Å². The molecule has 0 saturated carbocycles. The molecule has 0 aliphatic heterocycles. The first-order valence-electron chi connectivity index (χ1n) is 12.9. The molecule has 0 saturated heterocycles. The Bertz CT molecular complexity index is 1100. The molecule has 2 amide bonds. The molecule has 0 spiro atoms. The predicted molar refractivity (Wildman–Crippen MR) is 143 cm³/mol. The highest BCUT2D eigenvalue weighted by atomic mass is 19.1. The van der Waals surface area contributed by atoms with Gasteiger partial charge in [-0.2, -0.15) is 0 Å². The molecule has 5 heteroatoms. The van der Waals surface area contributed by atoms with Crippen molar-refractivity contribution in [2.24, 2.45) is 0 Å². The smallest absolute Gasteiger partial charge is 0.243 e. The Kier molecular flexibility index (Phi) is 10.2. The van der Waals surface area contributed by atoms with Crippen LogP contribution in [0, 0.1) is 5.82 Å². The number of hydrogen-bond donors (Lipinski definition) is 1. The number of benzene rings is 3. The first-order valence-corrected chi connectivity index (χ1v) is 12.9. The molecule has 4 nitrogen and oxygen atoms in total. The van der Waals surface area contributed by atoms with Crippen molar-refractivity contribution in [2.45, 2.75) is 71.5 Å². The summed E-state index contributed by atoms with van der Waals surface area (Å²) in [7, 11) is 0. The number of rotatable bonds is 12. The second-order valence-corrected chi connectivity index (χ2v) is 9.34. The summed E-state index contributed by atoms with van der Waals surface area (Å²) in [5, 5.41) is 3.07. The van der Waals surface area contributed by atoms with E-state index in [4.69, 9.17) is 0 Å². The molecule has 190 valence electrons. The van der Waals surface area contributed by atoms with Gasteiger partial charge >= 0.3 is 0 Å². The van der Waals surface area contributed by atoms with Gasteiger partial charge < -0.3 is 10.2 Å². The lowest BCUT2D eigenvalue weighted by Gasteiger charge is -2.32. The number of carbonyl (C=O) groups excluding carboxylic acids is 2. The van der Waals surface area contributed by atoms with Crippen molar-refractivity contribution in [3.05, 3.63) is 107 Å². The minimum Gasteiger partial charge on any atom is -0.352 e. The monoisotopic (exact) mass is 488 g/mol. The van der Waals surface area contributed by atoms with E-state index in [9.17, 15) is 14.0 Å². The fourth-order valence-electron chi connectivity index (χ4n) is 4.12. The SMILES string of the molecule is CCc1ccc(CCC(=O)N(Cc2ccc(F)cc2)C(Cc2ccccc2)C(=O)NC(C)CC)cc1. The number of aryl methyl sites for hydroxylation is 2. The largest absolute Gasteiger partial charge is 0.352 e. The second-order valence-electron chi connectivity index (χ2n) is 9.34. The van der Waals surface area contributed by atoms with E-state index in [0.717, 1.165) is 29.5 Å². The highest BCUT2D eigenvalue weighted by Crippen LogP contribution is 2.18. The van der Waals surface area contributed by atoms with Crippen molar-refractivity contribution < 1.29 is 14.0 Å². The van der Waals surface area contributed by atoms with Crippen LogP contribution in [0.5, 0.6) is 0 Å². The number of hydrogen-bond acceptors (Lipinski definition) is 2. The molecular weight excluding hydrogens is 451 g/mol. The van der Waals surface area contributed by atoms with E-state index in [0.29, 0.717) is 12.8 Å². The van der Waals surface area contributed by atoms with Gasteiger partial charge in [0.1, 0.15) is 11.9 Å². The molecule has 0 heterocycles. The van der Waals surface area contributed by atoms with Gasteiger partial charge in [-0.1, -0.05) is 80.6 Å². The van der Waals surface area contributed by atoms with Crippen LogP contribution >= 0.6 is 0 Å². The normalized spacial score (nSPS) is 12.6. The summed E-state index contributed by atoms with van der Waals surface area (Å²) in [4.78, 5) is 28.8. The summed E-state index contributed by atoms with van der Waals surface area (Å²) in [5.74, 6) is -0.599. The van der Waals surface area contributed by atoms with Crippen molar-refractivity contribution in [1.82, 2.24) is 10.2 Å². The lowest BCUT2D eigenvalue weighted by Crippen LogP contribution is -2.52. The van der Waals surface area contributed by atoms with Gasteiger partial charge in [0.05, 0.1) is 0 Å². The number of halogens is 1. The van der Waals surface area contributed by atoms with Crippen molar-refractivity contribution in [1.29, 1.82) is 0 Å². The van der Waals surface area contributed by atoms with Crippen molar-refractivity contribution >= 4 is 11.8 Å². The molecule has 3 aromatic rings. The van der Waals surface area contributed by atoms with Crippen LogP contribution in [0.25, 0.3) is 0 Å². The first kappa shape index (κ1) is 27.1. The van der Waals surface area contributed by atoms with Gasteiger partial charge in [-0.3, -0.25) is 9.59 Å². The van der Waals surface area contributed by atoms with Crippen molar-refractivity contribution in [3.63, 3.8) is 0 Å². The Morgan fingerprint density at radius 3 is 2.06 bits per heavy atom. The minimum absolute atomic E-state index is 0.00405. The Balaban J connectivity index is 1.88. The lowest BCUT2D eigenvalue weighted by atomic mass is 10.0. The third-order valence-electron chi connectivity index (χ3n) is 6.60. The molecule has 0 aliphatic carbocycles. The van der Waals surface area contributed by atoms with E-state index in [1.165, 1.54) is 17.7 Å². The molecule has 36 heavy (non-hydrogen) atoms. The van der Waals surface area contributed by atoms with E-state index in [-0.39, 0.29) is 36.6 Å². The third kappa shape index (κ3) is 8.04. The van der Waals surface area contributed by atoms with Gasteiger partial charge in [0.2, 0.25) is 11.8 Å². The van der Waals surface area contributed by atoms with Crippen LogP contribution in [0.15, 0.2) is 78.9 Å². The van der Waals surface area contributed by atoms with Crippen LogP contribution in [-0.4, -0.2) is 28.8 Å². The second kappa shape index (κ2) is 13.6. The Labute approximate surface area is 214 Å². The molecule has 0 bridgehead atoms. The zero-order valence-electron chi connectivity index (χ0n) is 21.5. The van der Waals surface area contributed by atoms with Crippen molar-refractivity contribution in [3.8, 4) is 0 Å². The van der Waals surface area contributed by atoms with E-state index >= 15 is 0 Å². The first-order chi connectivity index (χ1) is 17.4. The topological polar surface area (TPSA) is 49.4 Å². The summed E-state index contributed by atoms with van der Waals surface area (Å²) in [6.07, 6.45) is 3.05. The standard InChI is InChI=1S/C31H37FN2O2/c1-4-23(3)33-31(36)29(21-26-9-7-6-8-10-26)34(22-27-15-18-28(32)19-16-27)30(35)20-17-25-13-11-24(5-2)12-14-25/h6-16,18-19,23,29H,4-5,17,20-22H2,1-3H3,(H,33,36). The van der Waals surface area contributed by atoms with Gasteiger partial charge in [0.25, 0.3) is 0 Å². The highest BCUT2D eigenvalue weighted by Gasteiger charge is 2.30. The summed E-state index contributed by atoms with van der Waals surface area (Å²) in [5.41, 5.74) is 4.11. The molecule has 0 aromatic heterocycles. The molecule has 2 atom stereocenters. The number of nitrogens with one attached hydrogen (secondary N) is 1. The Morgan fingerprint density at radius 1 is 0.833 bits per heavy atom. The zero-order valence-corrected chi connectivity index (χ0v) is 21.5. The average molecular weight is 489 g/mol. The van der Waals surface area contributed by atoms with Crippen LogP contribution < -0.4 is 5.32 Å². The lowest BCUT2D eigenvalue weighted by molar-refractivity contribution is -0.141. The van der Waals surface area contributed by atoms with Crippen LogP contribution in [0.1, 0.15) is 55.9 Å². The number of amides is 2. The molecule has 3 rings (SSSR count). The molecule has 1 N–H and O–H groups in total. The molecule has 0 fully saturated rings. The van der Waals surface area contributed by atoms with Gasteiger partial charge in [-0.15, -0.1) is 0 Å². The van der Waals surface area contributed by atoms with E-state index < -0.39 is 6.04 Å². The molecule has 0 aliphatic rings. The Morgan fingerprint density at radius 2 is 1.44 bits per heavy atom. The molecular formula is C31H37FN2O2. The molecule has 0 radical (unpaired) electrons. The minimum atomic E-state index is -0.679. The molecule has 2 unspecified atom stereocenters. The fraction of sp³-hybridized carbons (Fsp3) is 0.355. The van der Waals surface area contributed by atoms with Crippen LogP contribution in [0.4, 0.5) is 4.39 Å². The Hall–Kier alpha value is -3.47.